The van der Waals surface area contributed by atoms with Crippen molar-refractivity contribution in [2.24, 2.45) is 0 Å². The monoisotopic (exact) mass is 1440 g/mol. The molecule has 7 heterocycles. The van der Waals surface area contributed by atoms with Gasteiger partial charge < -0.3 is 9.47 Å². The van der Waals surface area contributed by atoms with Crippen molar-refractivity contribution in [1.82, 2.24) is 44.0 Å². The first kappa shape index (κ1) is 65.7. The van der Waals surface area contributed by atoms with Crippen LogP contribution in [0.25, 0.3) is 146 Å². The number of fused-ring (bicyclic) bond motifs is 10. The van der Waals surface area contributed by atoms with Crippen molar-refractivity contribution < 1.29 is 0 Å². The summed E-state index contributed by atoms with van der Waals surface area (Å²) in [5.41, 5.74) is 25.5. The molecule has 21 rings (SSSR count). The lowest BCUT2D eigenvalue weighted by Crippen LogP contribution is -2.31. The zero-order valence-electron chi connectivity index (χ0n) is 62.0. The zero-order chi connectivity index (χ0) is 74.8. The zero-order valence-corrected chi connectivity index (χ0v) is 62.0. The average Bonchev–Trinajstić information content (AvgIpc) is 1.37. The van der Waals surface area contributed by atoms with Crippen molar-refractivity contribution in [2.75, 3.05) is 9.80 Å². The first-order chi connectivity index (χ1) is 55.0. The molecule has 11 nitrogen and oxygen atoms in total. The molecule has 0 fully saturated rings. The molecule has 0 radical (unpaired) electrons. The topological polar surface area (TPSA) is 107 Å². The highest BCUT2D eigenvalue weighted by molar-refractivity contribution is 6.14. The number of nitrogens with zero attached hydrogens (tertiary/aromatic N) is 11. The number of rotatable bonds is 12. The molecule has 0 spiro atoms. The molecule has 0 saturated carbocycles. The van der Waals surface area contributed by atoms with Gasteiger partial charge in [-0.15, -0.1) is 0 Å². The minimum absolute atomic E-state index is 0.360. The molecule has 14 aromatic carbocycles. The summed E-state index contributed by atoms with van der Waals surface area (Å²) in [5, 5.41) is 4.34. The Morgan fingerprint density at radius 3 is 1.18 bits per heavy atom. The summed E-state index contributed by atoms with van der Waals surface area (Å²) in [6, 6.07) is 127. The predicted molar refractivity (Wildman–Crippen MR) is 457 cm³/mol. The maximum Gasteiger partial charge on any atom is 0.238 e. The molecule has 0 aliphatic carbocycles. The van der Waals surface area contributed by atoms with E-state index in [0.29, 0.717) is 35.1 Å². The van der Waals surface area contributed by atoms with Gasteiger partial charge in [0.2, 0.25) is 5.95 Å². The molecule has 2 aliphatic rings. The second-order valence-electron chi connectivity index (χ2n) is 30.1. The largest absolute Gasteiger partial charge is 0.310 e. The minimum atomic E-state index is -0.454. The Kier molecular flexibility index (Phi) is 15.3. The molecule has 112 heavy (non-hydrogen) atoms. The normalized spacial score (nSPS) is 13.3. The molecule has 0 bridgehead atoms. The van der Waals surface area contributed by atoms with E-state index in [1.807, 2.05) is 72.8 Å². The van der Waals surface area contributed by atoms with E-state index >= 15 is 0 Å². The van der Waals surface area contributed by atoms with Crippen LogP contribution >= 0.6 is 0 Å². The predicted octanol–water partition coefficient (Wildman–Crippen LogP) is 25.2. The summed E-state index contributed by atoms with van der Waals surface area (Å²) in [7, 11) is 0. The second-order valence-corrected chi connectivity index (χ2v) is 30.1. The quantitative estimate of drug-likeness (QED) is 0.118. The standard InChI is InChI=1S/C101H71N11/c1-100(2)80-45-24-27-48-87(80)109(74-41-21-10-22-42-74)91-61-79-77-57-72(98-104-94(67-32-13-6-14-33-67)103-95(105-98)68-34-15-7-16-35-68)54-55-86(77)110(89(79)62-82(91)100)75-43-29-40-71(56-75)64-50-52-65(53-51-64)73-58-84(66-30-11-5-12-31-66)102-93(59-73)111-88-49-28-25-46-81(88)101(3,4)83-63-90-78(60-92(83)111)76-44-23-26-47-85(76)112(90)99-107-96(69-36-17-8-18-37-69)106-97(108-99)70-38-19-9-20-39-70/h5-63H,1-4H3. The molecular formula is C101H71N11. The maximum absolute atomic E-state index is 5.70. The van der Waals surface area contributed by atoms with Crippen LogP contribution in [0.5, 0.6) is 0 Å². The summed E-state index contributed by atoms with van der Waals surface area (Å²) in [6.45, 7) is 9.42. The maximum atomic E-state index is 5.70. The Morgan fingerprint density at radius 2 is 0.616 bits per heavy atom. The molecule has 0 amide bonds. The summed E-state index contributed by atoms with van der Waals surface area (Å²) in [4.78, 5) is 41.9. The van der Waals surface area contributed by atoms with Crippen LogP contribution in [0.1, 0.15) is 49.9 Å². The number of aromatic nitrogens is 9. The van der Waals surface area contributed by atoms with Crippen molar-refractivity contribution in [3.63, 3.8) is 0 Å². The number of pyridine rings is 1. The number of anilines is 6. The van der Waals surface area contributed by atoms with Gasteiger partial charge in [-0.05, 0) is 142 Å². The van der Waals surface area contributed by atoms with Crippen LogP contribution in [0.3, 0.4) is 0 Å². The van der Waals surface area contributed by atoms with Gasteiger partial charge >= 0.3 is 0 Å². The number of benzene rings is 14. The molecule has 0 unspecified atom stereocenters. The van der Waals surface area contributed by atoms with Crippen molar-refractivity contribution in [2.45, 2.75) is 38.5 Å². The van der Waals surface area contributed by atoms with Crippen molar-refractivity contribution in [3.05, 3.63) is 380 Å². The van der Waals surface area contributed by atoms with E-state index in [9.17, 15) is 0 Å². The second kappa shape index (κ2) is 26.1. The van der Waals surface area contributed by atoms with E-state index in [4.69, 9.17) is 34.9 Å². The summed E-state index contributed by atoms with van der Waals surface area (Å²) in [6.07, 6.45) is 0. The summed E-state index contributed by atoms with van der Waals surface area (Å²) < 4.78 is 4.68. The van der Waals surface area contributed by atoms with E-state index in [-0.39, 0.29) is 5.41 Å². The van der Waals surface area contributed by atoms with E-state index in [1.165, 1.54) is 22.4 Å². The molecular weight excluding hydrogens is 1370 g/mol. The van der Waals surface area contributed by atoms with Crippen molar-refractivity contribution in [1.29, 1.82) is 0 Å². The van der Waals surface area contributed by atoms with E-state index in [0.717, 1.165) is 145 Å². The van der Waals surface area contributed by atoms with Crippen LogP contribution in [0.4, 0.5) is 34.3 Å². The van der Waals surface area contributed by atoms with Crippen molar-refractivity contribution in [3.8, 4) is 102 Å². The minimum Gasteiger partial charge on any atom is -0.310 e. The Balaban J connectivity index is 0.704. The fraction of sp³-hybridized carbons (Fsp3) is 0.0594. The van der Waals surface area contributed by atoms with Crippen LogP contribution in [0, 0.1) is 0 Å². The average molecular weight is 1440 g/mol. The Bertz CT molecular complexity index is 6800. The van der Waals surface area contributed by atoms with Crippen LogP contribution in [-0.4, -0.2) is 44.0 Å². The Labute approximate surface area is 648 Å². The molecule has 0 saturated heterocycles. The molecule has 19 aromatic rings. The van der Waals surface area contributed by atoms with Gasteiger partial charge in [0.15, 0.2) is 29.1 Å². The SMILES string of the molecule is CC1(C)c2ccccc2N(c2ccccc2)c2cc3c4cc(-c5nc(-c6ccccc6)nc(-c6ccccc6)n5)ccc4n(-c4cccc(-c5ccc(-c6cc(-c7ccccc7)nc(N7c8ccccc8C(C)(C)c8cc9c(cc87)c7ccccc7n9-c7nc(-c8ccccc8)nc(-c8ccccc8)n7)c6)cc5)c4)c3cc21. The Morgan fingerprint density at radius 1 is 0.214 bits per heavy atom. The van der Waals surface area contributed by atoms with Gasteiger partial charge in [-0.1, -0.05) is 289 Å². The lowest BCUT2D eigenvalue weighted by atomic mass is 9.73. The van der Waals surface area contributed by atoms with Gasteiger partial charge in [-0.2, -0.15) is 9.97 Å². The highest BCUT2D eigenvalue weighted by Crippen LogP contribution is 2.56. The third-order valence-electron chi connectivity index (χ3n) is 22.8. The van der Waals surface area contributed by atoms with Crippen LogP contribution in [-0.2, 0) is 10.8 Å². The fourth-order valence-electron chi connectivity index (χ4n) is 17.2. The van der Waals surface area contributed by atoms with Crippen molar-refractivity contribution >= 4 is 77.9 Å². The third-order valence-corrected chi connectivity index (χ3v) is 22.8. The van der Waals surface area contributed by atoms with Gasteiger partial charge in [0.05, 0.1) is 50.5 Å². The summed E-state index contributed by atoms with van der Waals surface area (Å²) in [5.74, 6) is 4.38. The highest BCUT2D eigenvalue weighted by Gasteiger charge is 2.41. The lowest BCUT2D eigenvalue weighted by Gasteiger charge is -2.42. The first-order valence-corrected chi connectivity index (χ1v) is 38.1. The molecule has 0 N–H and O–H groups in total. The molecule has 2 aliphatic heterocycles. The molecule has 530 valence electrons. The lowest BCUT2D eigenvalue weighted by molar-refractivity contribution is 0.632. The van der Waals surface area contributed by atoms with Gasteiger partial charge in [0, 0.05) is 77.1 Å². The third kappa shape index (κ3) is 10.9. The number of para-hydroxylation sites is 4. The fourth-order valence-corrected chi connectivity index (χ4v) is 17.2. The van der Waals surface area contributed by atoms with E-state index in [1.54, 1.807) is 0 Å². The smallest absolute Gasteiger partial charge is 0.238 e. The van der Waals surface area contributed by atoms with Crippen LogP contribution in [0.2, 0.25) is 0 Å². The number of hydrogen-bond donors (Lipinski definition) is 0. The van der Waals surface area contributed by atoms with E-state index in [2.05, 4.69) is 332 Å². The van der Waals surface area contributed by atoms with Gasteiger partial charge in [-0.3, -0.25) is 9.47 Å². The highest BCUT2D eigenvalue weighted by atomic mass is 15.2. The van der Waals surface area contributed by atoms with E-state index < -0.39 is 5.41 Å². The molecule has 11 heteroatoms. The Hall–Kier alpha value is -14.6. The van der Waals surface area contributed by atoms with Gasteiger partial charge in [-0.25, -0.2) is 24.9 Å². The number of hydrogen-bond acceptors (Lipinski definition) is 9. The molecule has 0 atom stereocenters. The molecule has 5 aromatic heterocycles. The first-order valence-electron chi connectivity index (χ1n) is 38.1. The van der Waals surface area contributed by atoms with Gasteiger partial charge in [0.25, 0.3) is 0 Å². The van der Waals surface area contributed by atoms with Crippen LogP contribution in [0.15, 0.2) is 358 Å². The summed E-state index contributed by atoms with van der Waals surface area (Å²) >= 11 is 0. The van der Waals surface area contributed by atoms with Crippen LogP contribution < -0.4 is 9.80 Å². The van der Waals surface area contributed by atoms with Gasteiger partial charge in [0.1, 0.15) is 5.82 Å².